The van der Waals surface area contributed by atoms with Crippen LogP contribution in [0.25, 0.3) is 0 Å². The van der Waals surface area contributed by atoms with Crippen molar-refractivity contribution in [3.8, 4) is 11.5 Å². The summed E-state index contributed by atoms with van der Waals surface area (Å²) in [7, 11) is 0. The van der Waals surface area contributed by atoms with Gasteiger partial charge in [0.05, 0.1) is 5.56 Å². The lowest BCUT2D eigenvalue weighted by Crippen LogP contribution is -2.05. The smallest absolute Gasteiger partial charge is 0.338 e. The van der Waals surface area contributed by atoms with Crippen molar-refractivity contribution in [1.29, 1.82) is 0 Å². The van der Waals surface area contributed by atoms with Gasteiger partial charge in [-0.25, -0.2) is 4.79 Å². The quantitative estimate of drug-likeness (QED) is 0.774. The van der Waals surface area contributed by atoms with Gasteiger partial charge in [-0.15, -0.1) is 10.2 Å². The van der Waals surface area contributed by atoms with E-state index < -0.39 is 5.97 Å². The molecule has 1 aliphatic rings. The highest BCUT2D eigenvalue weighted by Gasteiger charge is 2.17. The fourth-order valence-corrected chi connectivity index (χ4v) is 1.63. The Kier molecular flexibility index (Phi) is 2.79. The summed E-state index contributed by atoms with van der Waals surface area (Å²) in [5.41, 5.74) is 0.375. The maximum atomic E-state index is 11.8. The molecule has 0 saturated heterocycles. The Morgan fingerprint density at radius 2 is 2.16 bits per heavy atom. The molecule has 1 aromatic carbocycles. The molecule has 0 atom stereocenters. The van der Waals surface area contributed by atoms with E-state index in [4.69, 9.17) is 18.6 Å². The third kappa shape index (κ3) is 2.35. The van der Waals surface area contributed by atoms with Crippen LogP contribution >= 0.6 is 0 Å². The first-order chi connectivity index (χ1) is 9.22. The summed E-state index contributed by atoms with van der Waals surface area (Å²) < 4.78 is 20.5. The number of hydrogen-bond donors (Lipinski definition) is 0. The molecule has 7 heteroatoms. The van der Waals surface area contributed by atoms with Gasteiger partial charge in [-0.3, -0.25) is 0 Å². The van der Waals surface area contributed by atoms with Crippen LogP contribution in [0.4, 0.5) is 0 Å². The van der Waals surface area contributed by atoms with E-state index in [1.54, 1.807) is 25.1 Å². The number of aryl methyl sites for hydroxylation is 1. The molecule has 0 fully saturated rings. The molecular formula is C12H10N2O5. The van der Waals surface area contributed by atoms with Crippen LogP contribution in [-0.4, -0.2) is 23.0 Å². The Bertz CT molecular complexity index is 622. The van der Waals surface area contributed by atoms with Crippen molar-refractivity contribution in [1.82, 2.24) is 10.2 Å². The maximum absolute atomic E-state index is 11.8. The van der Waals surface area contributed by atoms with Gasteiger partial charge < -0.3 is 18.6 Å². The number of rotatable bonds is 3. The molecule has 98 valence electrons. The molecule has 0 bridgehead atoms. The van der Waals surface area contributed by atoms with Crippen molar-refractivity contribution >= 4 is 5.97 Å². The van der Waals surface area contributed by atoms with Gasteiger partial charge in [0.15, 0.2) is 18.1 Å². The van der Waals surface area contributed by atoms with Gasteiger partial charge >= 0.3 is 5.97 Å². The van der Waals surface area contributed by atoms with Crippen molar-refractivity contribution in [2.75, 3.05) is 6.79 Å². The van der Waals surface area contributed by atoms with E-state index in [0.29, 0.717) is 23.0 Å². The molecular weight excluding hydrogens is 252 g/mol. The van der Waals surface area contributed by atoms with Gasteiger partial charge in [0.1, 0.15) is 0 Å². The molecule has 1 aliphatic heterocycles. The number of carbonyl (C=O) groups excluding carboxylic acids is 1. The molecule has 2 aromatic rings. The minimum absolute atomic E-state index is 0.0614. The van der Waals surface area contributed by atoms with Gasteiger partial charge in [-0.1, -0.05) is 0 Å². The van der Waals surface area contributed by atoms with Crippen molar-refractivity contribution in [2.24, 2.45) is 0 Å². The summed E-state index contributed by atoms with van der Waals surface area (Å²) in [6, 6.07) is 4.84. The Hall–Kier alpha value is -2.57. The molecule has 0 radical (unpaired) electrons. The average Bonchev–Trinajstić information content (AvgIpc) is 3.03. The summed E-state index contributed by atoms with van der Waals surface area (Å²) in [6.45, 7) is 1.76. The predicted molar refractivity (Wildman–Crippen MR) is 60.7 cm³/mol. The number of ether oxygens (including phenoxy) is 3. The molecule has 0 amide bonds. The average molecular weight is 262 g/mol. The number of fused-ring (bicyclic) bond motifs is 1. The van der Waals surface area contributed by atoms with Crippen LogP contribution in [-0.2, 0) is 11.3 Å². The minimum atomic E-state index is -0.492. The Morgan fingerprint density at radius 3 is 2.95 bits per heavy atom. The van der Waals surface area contributed by atoms with Crippen molar-refractivity contribution in [3.63, 3.8) is 0 Å². The standard InChI is InChI=1S/C12H10N2O5/c1-7-13-14-11(19-7)5-16-12(15)8-2-3-9-10(4-8)18-6-17-9/h2-4H,5-6H2,1H3. The summed E-state index contributed by atoms with van der Waals surface area (Å²) in [6.07, 6.45) is 0. The SMILES string of the molecule is Cc1nnc(COC(=O)c2ccc3c(c2)OCO3)o1. The second-order valence-electron chi connectivity index (χ2n) is 3.86. The summed E-state index contributed by atoms with van der Waals surface area (Å²) >= 11 is 0. The monoisotopic (exact) mass is 262 g/mol. The number of benzene rings is 1. The van der Waals surface area contributed by atoms with Crippen molar-refractivity contribution in [2.45, 2.75) is 13.5 Å². The van der Waals surface area contributed by atoms with E-state index >= 15 is 0 Å². The highest BCUT2D eigenvalue weighted by atomic mass is 16.7. The molecule has 0 saturated carbocycles. The molecule has 0 aliphatic carbocycles. The van der Waals surface area contributed by atoms with Crippen LogP contribution in [0.3, 0.4) is 0 Å². The van der Waals surface area contributed by atoms with Crippen LogP contribution < -0.4 is 9.47 Å². The zero-order chi connectivity index (χ0) is 13.2. The lowest BCUT2D eigenvalue weighted by Gasteiger charge is -2.03. The molecule has 7 nitrogen and oxygen atoms in total. The zero-order valence-corrected chi connectivity index (χ0v) is 10.1. The fourth-order valence-electron chi connectivity index (χ4n) is 1.63. The maximum Gasteiger partial charge on any atom is 0.338 e. The van der Waals surface area contributed by atoms with E-state index in [2.05, 4.69) is 10.2 Å². The van der Waals surface area contributed by atoms with Crippen LogP contribution in [0.2, 0.25) is 0 Å². The Morgan fingerprint density at radius 1 is 1.32 bits per heavy atom. The van der Waals surface area contributed by atoms with E-state index in [1.165, 1.54) is 0 Å². The predicted octanol–water partition coefficient (Wildman–Crippen LogP) is 1.46. The third-order valence-corrected chi connectivity index (χ3v) is 2.50. The molecule has 3 rings (SSSR count). The van der Waals surface area contributed by atoms with Gasteiger partial charge in [0.2, 0.25) is 12.7 Å². The topological polar surface area (TPSA) is 83.7 Å². The summed E-state index contributed by atoms with van der Waals surface area (Å²) in [5, 5.41) is 7.37. The molecule has 1 aromatic heterocycles. The fraction of sp³-hybridized carbons (Fsp3) is 0.250. The highest BCUT2D eigenvalue weighted by Crippen LogP contribution is 2.32. The first-order valence-corrected chi connectivity index (χ1v) is 5.58. The molecule has 19 heavy (non-hydrogen) atoms. The number of aromatic nitrogens is 2. The van der Waals surface area contributed by atoms with E-state index in [9.17, 15) is 4.79 Å². The third-order valence-electron chi connectivity index (χ3n) is 2.50. The van der Waals surface area contributed by atoms with E-state index in [1.807, 2.05) is 0 Å². The number of nitrogens with zero attached hydrogens (tertiary/aromatic N) is 2. The van der Waals surface area contributed by atoms with Crippen molar-refractivity contribution in [3.05, 3.63) is 35.5 Å². The Balaban J connectivity index is 1.67. The van der Waals surface area contributed by atoms with Crippen LogP contribution in [0.5, 0.6) is 11.5 Å². The summed E-state index contributed by atoms with van der Waals surface area (Å²) in [5.74, 6) is 1.34. The lowest BCUT2D eigenvalue weighted by atomic mass is 10.2. The normalized spacial score (nSPS) is 12.5. The van der Waals surface area contributed by atoms with Gasteiger partial charge in [0, 0.05) is 6.92 Å². The number of carbonyl (C=O) groups is 1. The number of esters is 1. The van der Waals surface area contributed by atoms with Gasteiger partial charge in [-0.2, -0.15) is 0 Å². The molecule has 2 heterocycles. The van der Waals surface area contributed by atoms with Gasteiger partial charge in [0.25, 0.3) is 5.89 Å². The van der Waals surface area contributed by atoms with E-state index in [-0.39, 0.29) is 19.3 Å². The van der Waals surface area contributed by atoms with Crippen LogP contribution in [0.15, 0.2) is 22.6 Å². The number of hydrogen-bond acceptors (Lipinski definition) is 7. The van der Waals surface area contributed by atoms with Crippen molar-refractivity contribution < 1.29 is 23.4 Å². The first kappa shape index (κ1) is 11.5. The molecule has 0 N–H and O–H groups in total. The lowest BCUT2D eigenvalue weighted by molar-refractivity contribution is 0.0436. The zero-order valence-electron chi connectivity index (χ0n) is 10.1. The second-order valence-corrected chi connectivity index (χ2v) is 3.86. The molecule has 0 unspecified atom stereocenters. The summed E-state index contributed by atoms with van der Waals surface area (Å²) in [4.78, 5) is 11.8. The van der Waals surface area contributed by atoms with Crippen LogP contribution in [0, 0.1) is 6.92 Å². The molecule has 0 spiro atoms. The van der Waals surface area contributed by atoms with Gasteiger partial charge in [-0.05, 0) is 18.2 Å². The minimum Gasteiger partial charge on any atom is -0.454 e. The highest BCUT2D eigenvalue weighted by molar-refractivity contribution is 5.90. The van der Waals surface area contributed by atoms with Crippen LogP contribution in [0.1, 0.15) is 22.1 Å². The Labute approximate surface area is 108 Å². The first-order valence-electron chi connectivity index (χ1n) is 5.58. The van der Waals surface area contributed by atoms with E-state index in [0.717, 1.165) is 0 Å². The largest absolute Gasteiger partial charge is 0.454 e. The second kappa shape index (κ2) is 4.60.